The van der Waals surface area contributed by atoms with Gasteiger partial charge in [-0.25, -0.2) is 4.57 Å². The molecule has 0 aromatic heterocycles. The van der Waals surface area contributed by atoms with Crippen molar-refractivity contribution in [3.63, 3.8) is 0 Å². The summed E-state index contributed by atoms with van der Waals surface area (Å²) in [7, 11) is 1.59. The van der Waals surface area contributed by atoms with Gasteiger partial charge in [0.25, 0.3) is 0 Å². The van der Waals surface area contributed by atoms with Gasteiger partial charge in [-0.2, -0.15) is 0 Å². The Kier molecular flexibility index (Phi) is 47.7. The van der Waals surface area contributed by atoms with E-state index in [1.165, 1.54) is 231 Å². The molecule has 9 heteroatoms. The zero-order valence-corrected chi connectivity index (χ0v) is 45.2. The van der Waals surface area contributed by atoms with Crippen LogP contribution in [0.3, 0.4) is 0 Å². The van der Waals surface area contributed by atoms with Crippen molar-refractivity contribution in [2.24, 2.45) is 0 Å². The molecule has 0 radical (unpaired) electrons. The third kappa shape index (κ3) is 50.9. The molecule has 388 valence electrons. The predicted molar refractivity (Wildman–Crippen MR) is 282 cm³/mol. The molecule has 3 unspecified atom stereocenters. The Balaban J connectivity index is 4.01. The molecular weight excluding hydrogens is 828 g/mol. The van der Waals surface area contributed by atoms with Crippen molar-refractivity contribution in [1.82, 2.24) is 5.32 Å². The number of unbranched alkanes of at least 4 members (excludes halogenated alkanes) is 40. The number of nitrogens with one attached hydrogen (secondary N) is 1. The van der Waals surface area contributed by atoms with Gasteiger partial charge in [0.05, 0.1) is 39.9 Å². The smallest absolute Gasteiger partial charge is 0.387 e. The topological polar surface area (TPSA) is 105 Å². The number of aliphatic hydroxyl groups is 1. The average Bonchev–Trinajstić information content (AvgIpc) is 3.26. The maximum atomic E-state index is 12.9. The molecule has 0 rings (SSSR count). The number of aliphatic hydroxyl groups excluding tert-OH is 1. The van der Waals surface area contributed by atoms with E-state index in [-0.39, 0.29) is 19.1 Å². The number of quaternary nitrogens is 1. The van der Waals surface area contributed by atoms with Crippen LogP contribution in [0.5, 0.6) is 0 Å². The molecule has 0 aromatic rings. The van der Waals surface area contributed by atoms with Crippen molar-refractivity contribution >= 4 is 13.7 Å². The Hall–Kier alpha value is -0.760. The molecule has 3 atom stereocenters. The summed E-state index contributed by atoms with van der Waals surface area (Å²) >= 11 is 0. The van der Waals surface area contributed by atoms with Gasteiger partial charge in [-0.15, -0.1) is 0 Å². The Morgan fingerprint density at radius 3 is 1.14 bits per heavy atom. The summed E-state index contributed by atoms with van der Waals surface area (Å²) in [5.74, 6) is -0.171. The molecule has 0 saturated heterocycles. The molecule has 8 nitrogen and oxygen atoms in total. The maximum absolute atomic E-state index is 12.9. The number of likely N-dealkylation sites (N-methyl/N-ethyl adjacent to an activating group) is 1. The lowest BCUT2D eigenvalue weighted by Gasteiger charge is -2.25. The Labute approximate surface area is 405 Å². The Morgan fingerprint density at radius 1 is 0.508 bits per heavy atom. The number of carbonyl (C=O) groups excluding carboxylic acids is 1. The largest absolute Gasteiger partial charge is 0.472 e. The summed E-state index contributed by atoms with van der Waals surface area (Å²) in [5.41, 5.74) is 0. The van der Waals surface area contributed by atoms with Crippen LogP contribution in [0.25, 0.3) is 0 Å². The van der Waals surface area contributed by atoms with Crippen molar-refractivity contribution in [3.8, 4) is 0 Å². The second-order valence-corrected chi connectivity index (χ2v) is 22.5. The van der Waals surface area contributed by atoms with E-state index in [1.54, 1.807) is 6.08 Å². The minimum absolute atomic E-state index is 0.0649. The molecular formula is C56H114N2O6P+. The number of amides is 1. The summed E-state index contributed by atoms with van der Waals surface area (Å²) in [4.78, 5) is 23.2. The second kappa shape index (κ2) is 48.3. The SMILES string of the molecule is CCCCCCCCCCCCC/C=C/C(O)C(COP(=O)(O)OCC[N+](C)(C)C)NC(=O)CCCCCCCCCCCCCCCCCCCCCCCCCCCCCCCC. The van der Waals surface area contributed by atoms with E-state index >= 15 is 0 Å². The standard InChI is InChI=1S/C56H113N2O6P/c1-6-8-10-12-14-16-18-20-21-22-23-24-25-26-27-28-29-30-31-32-33-34-35-36-38-40-42-44-46-48-50-56(60)57-54(53-64-65(61,62)63-52-51-58(3,4)5)55(59)49-47-45-43-41-39-37-19-17-15-13-11-9-7-2/h47,49,54-55,59H,6-46,48,50-53H2,1-5H3,(H-,57,60,61,62)/p+1/b49-47+. The highest BCUT2D eigenvalue weighted by atomic mass is 31.2. The number of hydrogen-bond acceptors (Lipinski definition) is 5. The minimum Gasteiger partial charge on any atom is -0.387 e. The number of allylic oxidation sites excluding steroid dienone is 1. The van der Waals surface area contributed by atoms with Crippen molar-refractivity contribution in [2.45, 2.75) is 302 Å². The first-order valence-electron chi connectivity index (χ1n) is 28.6. The fraction of sp³-hybridized carbons (Fsp3) is 0.946. The number of carbonyl (C=O) groups is 1. The fourth-order valence-electron chi connectivity index (χ4n) is 8.75. The van der Waals surface area contributed by atoms with Crippen molar-refractivity contribution in [1.29, 1.82) is 0 Å². The Bertz CT molecular complexity index is 1070. The van der Waals surface area contributed by atoms with Gasteiger partial charge >= 0.3 is 7.82 Å². The summed E-state index contributed by atoms with van der Waals surface area (Å²) in [6.45, 7) is 4.85. The molecule has 0 aliphatic rings. The van der Waals surface area contributed by atoms with Crippen LogP contribution >= 0.6 is 7.82 Å². The van der Waals surface area contributed by atoms with Gasteiger partial charge in [0, 0.05) is 6.42 Å². The normalized spacial score (nSPS) is 14.0. The van der Waals surface area contributed by atoms with Crippen LogP contribution in [0.15, 0.2) is 12.2 Å². The van der Waals surface area contributed by atoms with Gasteiger partial charge in [-0.3, -0.25) is 13.8 Å². The molecule has 0 saturated carbocycles. The van der Waals surface area contributed by atoms with E-state index in [9.17, 15) is 19.4 Å². The van der Waals surface area contributed by atoms with E-state index in [4.69, 9.17) is 9.05 Å². The van der Waals surface area contributed by atoms with E-state index < -0.39 is 20.0 Å². The summed E-state index contributed by atoms with van der Waals surface area (Å²) in [5, 5.41) is 13.9. The fourth-order valence-corrected chi connectivity index (χ4v) is 9.49. The first-order valence-corrected chi connectivity index (χ1v) is 30.1. The monoisotopic (exact) mass is 942 g/mol. The number of phosphoric acid groups is 1. The average molecular weight is 943 g/mol. The van der Waals surface area contributed by atoms with Crippen LogP contribution in [0, 0.1) is 0 Å². The molecule has 3 N–H and O–H groups in total. The van der Waals surface area contributed by atoms with Gasteiger partial charge in [-0.05, 0) is 19.3 Å². The van der Waals surface area contributed by atoms with Crippen LogP contribution in [-0.4, -0.2) is 73.4 Å². The van der Waals surface area contributed by atoms with Crippen molar-refractivity contribution in [2.75, 3.05) is 40.9 Å². The van der Waals surface area contributed by atoms with Gasteiger partial charge in [-0.1, -0.05) is 276 Å². The van der Waals surface area contributed by atoms with E-state index in [1.807, 2.05) is 27.2 Å². The van der Waals surface area contributed by atoms with Gasteiger partial charge in [0.2, 0.25) is 5.91 Å². The quantitative estimate of drug-likeness (QED) is 0.0243. The highest BCUT2D eigenvalue weighted by molar-refractivity contribution is 7.47. The van der Waals surface area contributed by atoms with E-state index in [2.05, 4.69) is 19.2 Å². The summed E-state index contributed by atoms with van der Waals surface area (Å²) < 4.78 is 23.7. The molecule has 0 spiro atoms. The number of nitrogens with zero attached hydrogens (tertiary/aromatic N) is 1. The summed E-state index contributed by atoms with van der Waals surface area (Å²) in [6, 6.07) is -0.841. The van der Waals surface area contributed by atoms with Crippen LogP contribution in [0.1, 0.15) is 290 Å². The van der Waals surface area contributed by atoms with Crippen molar-refractivity contribution in [3.05, 3.63) is 12.2 Å². The summed E-state index contributed by atoms with van der Waals surface area (Å²) in [6.07, 6.45) is 58.9. The van der Waals surface area contributed by atoms with Crippen LogP contribution in [-0.2, 0) is 18.4 Å². The van der Waals surface area contributed by atoms with Gasteiger partial charge < -0.3 is 19.8 Å². The highest BCUT2D eigenvalue weighted by Gasteiger charge is 2.27. The third-order valence-corrected chi connectivity index (χ3v) is 14.2. The lowest BCUT2D eigenvalue weighted by Crippen LogP contribution is -2.45. The molecule has 0 bridgehead atoms. The highest BCUT2D eigenvalue weighted by Crippen LogP contribution is 2.43. The van der Waals surface area contributed by atoms with Crippen molar-refractivity contribution < 1.29 is 32.9 Å². The van der Waals surface area contributed by atoms with E-state index in [0.717, 1.165) is 38.5 Å². The molecule has 0 heterocycles. The third-order valence-electron chi connectivity index (χ3n) is 13.3. The lowest BCUT2D eigenvalue weighted by atomic mass is 10.0. The zero-order chi connectivity index (χ0) is 47.8. The maximum Gasteiger partial charge on any atom is 0.472 e. The van der Waals surface area contributed by atoms with Crippen LogP contribution in [0.2, 0.25) is 0 Å². The first-order chi connectivity index (χ1) is 31.5. The molecule has 0 fully saturated rings. The first kappa shape index (κ1) is 64.2. The predicted octanol–water partition coefficient (Wildman–Crippen LogP) is 17.0. The van der Waals surface area contributed by atoms with Crippen LogP contribution in [0.4, 0.5) is 0 Å². The Morgan fingerprint density at radius 2 is 0.815 bits per heavy atom. The van der Waals surface area contributed by atoms with Crippen LogP contribution < -0.4 is 5.32 Å². The molecule has 0 aliphatic heterocycles. The van der Waals surface area contributed by atoms with Gasteiger partial charge in [0.1, 0.15) is 13.2 Å². The molecule has 65 heavy (non-hydrogen) atoms. The van der Waals surface area contributed by atoms with Gasteiger partial charge in [0.15, 0.2) is 0 Å². The minimum atomic E-state index is -4.34. The lowest BCUT2D eigenvalue weighted by molar-refractivity contribution is -0.870. The second-order valence-electron chi connectivity index (χ2n) is 21.0. The number of rotatable bonds is 53. The number of phosphoric ester groups is 1. The molecule has 0 aromatic carbocycles. The zero-order valence-electron chi connectivity index (χ0n) is 44.3. The number of hydrogen-bond donors (Lipinski definition) is 3. The van der Waals surface area contributed by atoms with E-state index in [0.29, 0.717) is 17.4 Å². The molecule has 0 aliphatic carbocycles. The molecule has 1 amide bonds.